The van der Waals surface area contributed by atoms with Gasteiger partial charge in [-0.05, 0) is 13.0 Å². The molecule has 2 N–H and O–H groups in total. The average Bonchev–Trinajstić information content (AvgIpc) is 2.39. The van der Waals surface area contributed by atoms with E-state index in [1.54, 1.807) is 13.8 Å². The number of hydrogen-bond acceptors (Lipinski definition) is 5. The van der Waals surface area contributed by atoms with Crippen LogP contribution in [-0.4, -0.2) is 38.3 Å². The van der Waals surface area contributed by atoms with Gasteiger partial charge in [0, 0.05) is 46.2 Å². The van der Waals surface area contributed by atoms with E-state index in [1.165, 1.54) is 6.07 Å². The van der Waals surface area contributed by atoms with Gasteiger partial charge < -0.3 is 10.4 Å². The summed E-state index contributed by atoms with van der Waals surface area (Å²) < 4.78 is 11.3. The third-order valence-electron chi connectivity index (χ3n) is 2.79. The first kappa shape index (κ1) is 16.1. The van der Waals surface area contributed by atoms with Crippen LogP contribution in [0.1, 0.15) is 22.8 Å². The molecule has 0 aromatic heterocycles. The summed E-state index contributed by atoms with van der Waals surface area (Å²) >= 11 is 0. The van der Waals surface area contributed by atoms with Crippen molar-refractivity contribution in [1.29, 1.82) is 0 Å². The van der Waals surface area contributed by atoms with Crippen molar-refractivity contribution >= 4 is 28.1 Å². The van der Waals surface area contributed by atoms with Crippen LogP contribution in [0.15, 0.2) is 12.1 Å². The highest BCUT2D eigenvalue weighted by Crippen LogP contribution is 2.27. The molecular formula is C12H16N2O5S. The molecule has 1 atom stereocenters. The van der Waals surface area contributed by atoms with E-state index in [0.717, 1.165) is 6.07 Å². The lowest BCUT2D eigenvalue weighted by atomic mass is 10.1. The van der Waals surface area contributed by atoms with Gasteiger partial charge in [0.1, 0.15) is 0 Å². The molecule has 0 amide bonds. The fraction of sp³-hybridized carbons (Fsp3) is 0.417. The Hall–Kier alpha value is -1.96. The number of benzene rings is 1. The monoisotopic (exact) mass is 300 g/mol. The zero-order chi connectivity index (χ0) is 15.3. The van der Waals surface area contributed by atoms with Gasteiger partial charge in [0.15, 0.2) is 0 Å². The van der Waals surface area contributed by atoms with Gasteiger partial charge in [0.05, 0.1) is 10.5 Å². The first-order valence-corrected chi connectivity index (χ1v) is 7.46. The van der Waals surface area contributed by atoms with Crippen LogP contribution in [-0.2, 0) is 10.8 Å². The number of hydrogen-bond donors (Lipinski definition) is 2. The minimum atomic E-state index is -1.23. The highest BCUT2D eigenvalue weighted by molar-refractivity contribution is 7.84. The number of anilines is 1. The zero-order valence-corrected chi connectivity index (χ0v) is 12.0. The zero-order valence-electron chi connectivity index (χ0n) is 11.2. The average molecular weight is 300 g/mol. The second-order valence-corrected chi connectivity index (χ2v) is 5.95. The lowest BCUT2D eigenvalue weighted by molar-refractivity contribution is -0.385. The van der Waals surface area contributed by atoms with E-state index >= 15 is 0 Å². The summed E-state index contributed by atoms with van der Waals surface area (Å²) in [4.78, 5) is 21.3. The minimum Gasteiger partial charge on any atom is -0.478 e. The molecule has 8 heteroatoms. The fourth-order valence-corrected chi connectivity index (χ4v) is 2.26. The smallest absolute Gasteiger partial charge is 0.336 e. The molecule has 20 heavy (non-hydrogen) atoms. The molecular weight excluding hydrogens is 284 g/mol. The Bertz CT molecular complexity index is 559. The molecule has 0 aliphatic carbocycles. The maximum absolute atomic E-state index is 11.3. The SMILES string of the molecule is CCS(=O)CCNc1cc(C(=O)O)cc([N+](=O)[O-])c1C. The number of nitrogens with zero attached hydrogens (tertiary/aromatic N) is 1. The summed E-state index contributed by atoms with van der Waals surface area (Å²) in [6.45, 7) is 3.71. The van der Waals surface area contributed by atoms with Crippen LogP contribution in [0.2, 0.25) is 0 Å². The summed E-state index contributed by atoms with van der Waals surface area (Å²) in [5.41, 5.74) is 0.345. The third-order valence-corrected chi connectivity index (χ3v) is 4.09. The topological polar surface area (TPSA) is 110 Å². The van der Waals surface area contributed by atoms with Gasteiger partial charge in [-0.2, -0.15) is 0 Å². The summed E-state index contributed by atoms with van der Waals surface area (Å²) in [5, 5.41) is 22.8. The molecule has 0 heterocycles. The predicted octanol–water partition coefficient (Wildman–Crippen LogP) is 1.78. The number of nitrogens with one attached hydrogen (secondary N) is 1. The van der Waals surface area contributed by atoms with E-state index in [2.05, 4.69) is 5.32 Å². The molecule has 110 valence electrons. The van der Waals surface area contributed by atoms with Crippen molar-refractivity contribution in [2.75, 3.05) is 23.4 Å². The predicted molar refractivity (Wildman–Crippen MR) is 76.8 cm³/mol. The fourth-order valence-electron chi connectivity index (χ4n) is 1.64. The van der Waals surface area contributed by atoms with E-state index in [4.69, 9.17) is 5.11 Å². The number of rotatable bonds is 7. The molecule has 0 saturated heterocycles. The van der Waals surface area contributed by atoms with Crippen LogP contribution in [0, 0.1) is 17.0 Å². The number of carboxylic acids is 1. The highest BCUT2D eigenvalue weighted by Gasteiger charge is 2.18. The van der Waals surface area contributed by atoms with Crippen LogP contribution >= 0.6 is 0 Å². The van der Waals surface area contributed by atoms with E-state index in [0.29, 0.717) is 29.3 Å². The van der Waals surface area contributed by atoms with Crippen LogP contribution in [0.5, 0.6) is 0 Å². The van der Waals surface area contributed by atoms with Gasteiger partial charge in [0.2, 0.25) is 0 Å². The molecule has 1 aromatic rings. The molecule has 7 nitrogen and oxygen atoms in total. The Morgan fingerprint density at radius 2 is 2.15 bits per heavy atom. The molecule has 1 unspecified atom stereocenters. The van der Waals surface area contributed by atoms with Gasteiger partial charge in [0.25, 0.3) is 5.69 Å². The Morgan fingerprint density at radius 1 is 1.50 bits per heavy atom. The first-order chi connectivity index (χ1) is 9.36. The van der Waals surface area contributed by atoms with Gasteiger partial charge in [-0.1, -0.05) is 6.92 Å². The number of aromatic carboxylic acids is 1. The number of carbonyl (C=O) groups is 1. The van der Waals surface area contributed by atoms with Crippen molar-refractivity contribution in [2.45, 2.75) is 13.8 Å². The molecule has 0 spiro atoms. The van der Waals surface area contributed by atoms with Gasteiger partial charge in [-0.3, -0.25) is 14.3 Å². The van der Waals surface area contributed by atoms with Crippen molar-refractivity contribution in [3.8, 4) is 0 Å². The Kier molecular flexibility index (Phi) is 5.63. The Labute approximate surface area is 118 Å². The van der Waals surface area contributed by atoms with Crippen molar-refractivity contribution < 1.29 is 19.0 Å². The summed E-state index contributed by atoms with van der Waals surface area (Å²) in [5.74, 6) is -0.287. The van der Waals surface area contributed by atoms with Crippen LogP contribution in [0.3, 0.4) is 0 Å². The van der Waals surface area contributed by atoms with E-state index in [1.807, 2.05) is 0 Å². The lowest BCUT2D eigenvalue weighted by Crippen LogP contribution is -2.13. The summed E-state index contributed by atoms with van der Waals surface area (Å²) in [7, 11) is -0.948. The quantitative estimate of drug-likeness (QED) is 0.586. The molecule has 0 aliphatic rings. The number of carboxylic acid groups (broad SMARTS) is 1. The molecule has 1 aromatic carbocycles. The molecule has 0 aliphatic heterocycles. The standard InChI is InChI=1S/C12H16N2O5S/c1-3-20(19)5-4-13-10-6-9(12(15)16)7-11(8(10)2)14(17)18/h6-7,13H,3-5H2,1-2H3,(H,15,16). The van der Waals surface area contributed by atoms with Crippen molar-refractivity contribution in [1.82, 2.24) is 0 Å². The van der Waals surface area contributed by atoms with Crippen molar-refractivity contribution in [2.24, 2.45) is 0 Å². The van der Waals surface area contributed by atoms with Gasteiger partial charge in [-0.15, -0.1) is 0 Å². The molecule has 1 rings (SSSR count). The van der Waals surface area contributed by atoms with Crippen LogP contribution < -0.4 is 5.32 Å². The van der Waals surface area contributed by atoms with E-state index in [-0.39, 0.29) is 11.3 Å². The number of nitro groups is 1. The normalized spacial score (nSPS) is 11.9. The van der Waals surface area contributed by atoms with Crippen LogP contribution in [0.4, 0.5) is 11.4 Å². The van der Waals surface area contributed by atoms with Crippen LogP contribution in [0.25, 0.3) is 0 Å². The third kappa shape index (κ3) is 4.02. The second-order valence-electron chi connectivity index (χ2n) is 4.09. The summed E-state index contributed by atoms with van der Waals surface area (Å²) in [6, 6.07) is 2.38. The Balaban J connectivity index is 3.02. The molecule has 0 saturated carbocycles. The second kappa shape index (κ2) is 6.99. The van der Waals surface area contributed by atoms with E-state index < -0.39 is 21.7 Å². The number of nitro benzene ring substituents is 1. The summed E-state index contributed by atoms with van der Waals surface area (Å²) in [6.07, 6.45) is 0. The maximum Gasteiger partial charge on any atom is 0.336 e. The lowest BCUT2D eigenvalue weighted by Gasteiger charge is -2.10. The largest absolute Gasteiger partial charge is 0.478 e. The van der Waals surface area contributed by atoms with Gasteiger partial charge in [-0.25, -0.2) is 4.79 Å². The molecule has 0 bridgehead atoms. The van der Waals surface area contributed by atoms with E-state index in [9.17, 15) is 19.1 Å². The highest BCUT2D eigenvalue weighted by atomic mass is 32.2. The van der Waals surface area contributed by atoms with Gasteiger partial charge >= 0.3 is 5.97 Å². The first-order valence-electron chi connectivity index (χ1n) is 5.98. The minimum absolute atomic E-state index is 0.151. The molecule has 0 fully saturated rings. The Morgan fingerprint density at radius 3 is 2.65 bits per heavy atom. The molecule has 0 radical (unpaired) electrons. The van der Waals surface area contributed by atoms with Crippen molar-refractivity contribution in [3.05, 3.63) is 33.4 Å². The maximum atomic E-state index is 11.3. The van der Waals surface area contributed by atoms with Crippen molar-refractivity contribution in [3.63, 3.8) is 0 Å².